The van der Waals surface area contributed by atoms with E-state index >= 15 is 0 Å². The molecule has 1 amide bonds. The number of hydrogen-bond acceptors (Lipinski definition) is 3. The molecule has 1 saturated carbocycles. The molecular weight excluding hydrogens is 342 g/mol. The second-order valence-electron chi connectivity index (χ2n) is 7.71. The van der Waals surface area contributed by atoms with Gasteiger partial charge in [-0.25, -0.2) is 0 Å². The summed E-state index contributed by atoms with van der Waals surface area (Å²) in [4.78, 5) is 16.1. The van der Waals surface area contributed by atoms with Crippen LogP contribution in [0.3, 0.4) is 0 Å². The number of nitrogens with zero attached hydrogens (tertiary/aromatic N) is 1. The molecule has 1 atom stereocenters. The molecular formula is C22H29NO2S. The van der Waals surface area contributed by atoms with Crippen molar-refractivity contribution >= 4 is 17.7 Å². The summed E-state index contributed by atoms with van der Waals surface area (Å²) >= 11 is 1.78. The van der Waals surface area contributed by atoms with Crippen LogP contribution in [-0.4, -0.2) is 35.8 Å². The largest absolute Gasteiger partial charge is 0.373 e. The van der Waals surface area contributed by atoms with Crippen LogP contribution in [0.5, 0.6) is 0 Å². The molecule has 4 heteroatoms. The Balaban J connectivity index is 0.000000613. The summed E-state index contributed by atoms with van der Waals surface area (Å²) in [7, 11) is 0. The van der Waals surface area contributed by atoms with E-state index in [0.29, 0.717) is 18.6 Å². The van der Waals surface area contributed by atoms with E-state index < -0.39 is 0 Å². The zero-order valence-electron chi connectivity index (χ0n) is 16.1. The molecule has 0 N–H and O–H groups in total. The van der Waals surface area contributed by atoms with Crippen LogP contribution in [0.2, 0.25) is 0 Å². The monoisotopic (exact) mass is 371 g/mol. The molecule has 0 aromatic heterocycles. The topological polar surface area (TPSA) is 29.5 Å². The Morgan fingerprint density at radius 1 is 1.38 bits per heavy atom. The van der Waals surface area contributed by atoms with E-state index in [-0.39, 0.29) is 11.5 Å². The number of benzene rings is 1. The number of carbonyl (C=O) groups is 1. The fraction of sp³-hybridized carbons (Fsp3) is 0.591. The highest BCUT2D eigenvalue weighted by Gasteiger charge is 2.59. The molecule has 3 aliphatic rings. The molecule has 2 saturated heterocycles. The molecule has 1 aromatic carbocycles. The van der Waals surface area contributed by atoms with E-state index in [0.717, 1.165) is 25.8 Å². The Hall–Kier alpha value is -1.44. The minimum absolute atomic E-state index is 0.0611. The van der Waals surface area contributed by atoms with Crippen molar-refractivity contribution in [3.8, 4) is 12.3 Å². The summed E-state index contributed by atoms with van der Waals surface area (Å²) in [6.07, 6.45) is 12.3. The van der Waals surface area contributed by atoms with E-state index in [4.69, 9.17) is 4.74 Å². The van der Waals surface area contributed by atoms with Crippen molar-refractivity contribution in [3.05, 3.63) is 29.3 Å². The first-order valence-corrected chi connectivity index (χ1v) is 10.7. The third kappa shape index (κ3) is 3.66. The number of terminal acetylenes is 1. The number of carbonyl (C=O) groups excluding carboxylic acids is 1. The van der Waals surface area contributed by atoms with Gasteiger partial charge in [0, 0.05) is 17.5 Å². The lowest BCUT2D eigenvalue weighted by Crippen LogP contribution is -2.47. The molecule has 1 aliphatic carbocycles. The van der Waals surface area contributed by atoms with Gasteiger partial charge in [0.2, 0.25) is 5.91 Å². The molecule has 1 spiro atoms. The van der Waals surface area contributed by atoms with Crippen molar-refractivity contribution in [2.75, 3.05) is 12.8 Å². The highest BCUT2D eigenvalue weighted by Crippen LogP contribution is 2.54. The zero-order chi connectivity index (χ0) is 18.7. The van der Waals surface area contributed by atoms with Crippen LogP contribution in [0.4, 0.5) is 0 Å². The fourth-order valence-electron chi connectivity index (χ4n) is 4.67. The Morgan fingerprint density at radius 3 is 2.73 bits per heavy atom. The van der Waals surface area contributed by atoms with Gasteiger partial charge in [-0.15, -0.1) is 24.1 Å². The number of aryl methyl sites for hydroxylation is 1. The average molecular weight is 372 g/mol. The van der Waals surface area contributed by atoms with Gasteiger partial charge in [0.1, 0.15) is 0 Å². The SMILES string of the molecule is C#CC.CSc1ccc(COC2CC3(C2)CC2CCCN2C3=O)cc1C. The zero-order valence-corrected chi connectivity index (χ0v) is 16.9. The van der Waals surface area contributed by atoms with Crippen LogP contribution < -0.4 is 0 Å². The van der Waals surface area contributed by atoms with Gasteiger partial charge in [0.15, 0.2) is 0 Å². The van der Waals surface area contributed by atoms with Crippen LogP contribution >= 0.6 is 11.8 Å². The summed E-state index contributed by atoms with van der Waals surface area (Å²) in [5.41, 5.74) is 2.49. The van der Waals surface area contributed by atoms with Crippen molar-refractivity contribution in [1.29, 1.82) is 0 Å². The van der Waals surface area contributed by atoms with Crippen molar-refractivity contribution in [2.45, 2.75) is 69.6 Å². The first-order valence-electron chi connectivity index (χ1n) is 9.46. The lowest BCUT2D eigenvalue weighted by Gasteiger charge is -2.43. The Morgan fingerprint density at radius 2 is 2.12 bits per heavy atom. The van der Waals surface area contributed by atoms with E-state index in [1.807, 2.05) is 0 Å². The Bertz CT molecular complexity index is 703. The average Bonchev–Trinajstić information content (AvgIpc) is 3.14. The number of ether oxygens (including phenoxy) is 1. The quantitative estimate of drug-likeness (QED) is 0.580. The van der Waals surface area contributed by atoms with E-state index in [1.165, 1.54) is 28.9 Å². The number of rotatable bonds is 4. The van der Waals surface area contributed by atoms with Gasteiger partial charge in [-0.1, -0.05) is 12.1 Å². The molecule has 1 aromatic rings. The fourth-order valence-corrected chi connectivity index (χ4v) is 5.26. The van der Waals surface area contributed by atoms with Crippen LogP contribution in [0.25, 0.3) is 0 Å². The van der Waals surface area contributed by atoms with Crippen molar-refractivity contribution in [2.24, 2.45) is 5.41 Å². The summed E-state index contributed by atoms with van der Waals surface area (Å²) in [5, 5.41) is 0. The molecule has 3 nitrogen and oxygen atoms in total. The maximum atomic E-state index is 12.6. The minimum atomic E-state index is -0.0611. The third-order valence-corrected chi connectivity index (χ3v) is 6.80. The lowest BCUT2D eigenvalue weighted by molar-refractivity contribution is -0.152. The first-order chi connectivity index (χ1) is 12.5. The number of thioether (sulfide) groups is 1. The molecule has 2 heterocycles. The van der Waals surface area contributed by atoms with Crippen molar-refractivity contribution < 1.29 is 9.53 Å². The molecule has 26 heavy (non-hydrogen) atoms. The van der Waals surface area contributed by atoms with Crippen molar-refractivity contribution in [3.63, 3.8) is 0 Å². The van der Waals surface area contributed by atoms with Crippen molar-refractivity contribution in [1.82, 2.24) is 4.90 Å². The van der Waals surface area contributed by atoms with Gasteiger partial charge < -0.3 is 9.64 Å². The van der Waals surface area contributed by atoms with Gasteiger partial charge in [0.05, 0.1) is 18.1 Å². The summed E-state index contributed by atoms with van der Waals surface area (Å²) in [6, 6.07) is 7.09. The second-order valence-corrected chi connectivity index (χ2v) is 8.56. The minimum Gasteiger partial charge on any atom is -0.373 e. The molecule has 0 radical (unpaired) electrons. The summed E-state index contributed by atoms with van der Waals surface area (Å²) in [6.45, 7) is 5.45. The van der Waals surface area contributed by atoms with E-state index in [2.05, 4.69) is 48.6 Å². The molecule has 3 fully saturated rings. The van der Waals surface area contributed by atoms with E-state index in [1.54, 1.807) is 18.7 Å². The van der Waals surface area contributed by atoms with Crippen LogP contribution in [0.1, 0.15) is 50.2 Å². The molecule has 1 unspecified atom stereocenters. The summed E-state index contributed by atoms with van der Waals surface area (Å²) in [5.74, 6) is 2.67. The molecule has 4 rings (SSSR count). The Kier molecular flexibility index (Phi) is 5.99. The summed E-state index contributed by atoms with van der Waals surface area (Å²) < 4.78 is 6.07. The van der Waals surface area contributed by atoms with Gasteiger partial charge in [0.25, 0.3) is 0 Å². The maximum Gasteiger partial charge on any atom is 0.229 e. The number of hydrogen-bond donors (Lipinski definition) is 0. The molecule has 2 aliphatic heterocycles. The standard InChI is InChI=1S/C19H25NO2S.C3H4/c1-13-8-14(5-6-17(13)23-2)12-22-16-10-19(11-16)9-15-4-3-7-20(15)18(19)21;1-3-2/h5-6,8,15-16H,3-4,7,9-12H2,1-2H3;1H,2H3. The van der Waals surface area contributed by atoms with Gasteiger partial charge in [-0.2, -0.15) is 0 Å². The highest BCUT2D eigenvalue weighted by atomic mass is 32.2. The van der Waals surface area contributed by atoms with Crippen LogP contribution in [0.15, 0.2) is 23.1 Å². The van der Waals surface area contributed by atoms with Gasteiger partial charge >= 0.3 is 0 Å². The molecule has 140 valence electrons. The normalized spacial score (nSPS) is 29.0. The predicted octanol–water partition coefficient (Wildman–Crippen LogP) is 4.42. The highest BCUT2D eigenvalue weighted by molar-refractivity contribution is 7.98. The smallest absolute Gasteiger partial charge is 0.229 e. The lowest BCUT2D eigenvalue weighted by atomic mass is 9.64. The predicted molar refractivity (Wildman–Crippen MR) is 107 cm³/mol. The van der Waals surface area contributed by atoms with Crippen LogP contribution in [-0.2, 0) is 16.1 Å². The number of fused-ring (bicyclic) bond motifs is 1. The second kappa shape index (κ2) is 8.06. The van der Waals surface area contributed by atoms with Gasteiger partial charge in [-0.05, 0) is 69.4 Å². The van der Waals surface area contributed by atoms with Gasteiger partial charge in [-0.3, -0.25) is 4.79 Å². The van der Waals surface area contributed by atoms with Crippen LogP contribution in [0, 0.1) is 24.7 Å². The third-order valence-electron chi connectivity index (χ3n) is 5.90. The molecule has 0 bridgehead atoms. The number of amides is 1. The van der Waals surface area contributed by atoms with E-state index in [9.17, 15) is 4.79 Å². The maximum absolute atomic E-state index is 12.6. The Labute approximate surface area is 161 Å². The first kappa shape index (κ1) is 19.3.